The van der Waals surface area contributed by atoms with Gasteiger partial charge in [0.25, 0.3) is 5.91 Å². The van der Waals surface area contributed by atoms with Gasteiger partial charge in [-0.15, -0.1) is 0 Å². The van der Waals surface area contributed by atoms with Crippen molar-refractivity contribution in [3.63, 3.8) is 0 Å². The van der Waals surface area contributed by atoms with Gasteiger partial charge in [0.15, 0.2) is 0 Å². The number of hydrogen-bond acceptors (Lipinski definition) is 4. The lowest BCUT2D eigenvalue weighted by atomic mass is 10.0. The van der Waals surface area contributed by atoms with E-state index in [-0.39, 0.29) is 17.9 Å². The van der Waals surface area contributed by atoms with Crippen molar-refractivity contribution in [1.82, 2.24) is 15.2 Å². The molecule has 2 aliphatic rings. The Balaban J connectivity index is 1.60. The minimum absolute atomic E-state index is 0.0975. The summed E-state index contributed by atoms with van der Waals surface area (Å²) in [6.07, 6.45) is 3.88. The van der Waals surface area contributed by atoms with Crippen LogP contribution < -0.4 is 10.6 Å². The van der Waals surface area contributed by atoms with Gasteiger partial charge in [0.2, 0.25) is 5.91 Å². The number of piperidine rings is 1. The molecule has 6 heteroatoms. The largest absolute Gasteiger partial charge is 0.349 e. The topological polar surface area (TPSA) is 74.3 Å². The maximum absolute atomic E-state index is 12.3. The van der Waals surface area contributed by atoms with Crippen molar-refractivity contribution in [1.29, 1.82) is 0 Å². The molecule has 0 atom stereocenters. The summed E-state index contributed by atoms with van der Waals surface area (Å²) in [6.45, 7) is 6.86. The Labute approximate surface area is 129 Å². The molecule has 2 aliphatic heterocycles. The van der Waals surface area contributed by atoms with Crippen molar-refractivity contribution < 1.29 is 9.59 Å². The first kappa shape index (κ1) is 14.6. The monoisotopic (exact) mass is 300 g/mol. The summed E-state index contributed by atoms with van der Waals surface area (Å²) in [6, 6.07) is 1.98. The van der Waals surface area contributed by atoms with Crippen molar-refractivity contribution in [3.05, 3.63) is 35.7 Å². The van der Waals surface area contributed by atoms with Crippen LogP contribution in [0.3, 0.4) is 0 Å². The molecule has 0 aliphatic carbocycles. The molecular formula is C16H20N4O2. The third kappa shape index (κ3) is 2.95. The average Bonchev–Trinajstić information content (AvgIpc) is 2.86. The van der Waals surface area contributed by atoms with Crippen LogP contribution >= 0.6 is 0 Å². The van der Waals surface area contributed by atoms with Crippen LogP contribution in [0.15, 0.2) is 24.5 Å². The second-order valence-corrected chi connectivity index (χ2v) is 5.89. The minimum Gasteiger partial charge on any atom is -0.349 e. The Hall–Kier alpha value is -2.37. The van der Waals surface area contributed by atoms with Gasteiger partial charge in [-0.1, -0.05) is 6.58 Å². The highest BCUT2D eigenvalue weighted by atomic mass is 16.2. The molecule has 116 valence electrons. The summed E-state index contributed by atoms with van der Waals surface area (Å²) >= 11 is 0. The molecule has 1 aromatic rings. The zero-order chi connectivity index (χ0) is 15.7. The first-order valence-electron chi connectivity index (χ1n) is 7.53. The molecule has 0 bridgehead atoms. The van der Waals surface area contributed by atoms with Gasteiger partial charge in [0.1, 0.15) is 5.82 Å². The summed E-state index contributed by atoms with van der Waals surface area (Å²) in [5.41, 5.74) is 2.48. The maximum atomic E-state index is 12.3. The molecule has 6 nitrogen and oxygen atoms in total. The van der Waals surface area contributed by atoms with Crippen LogP contribution in [0.25, 0.3) is 0 Å². The van der Waals surface area contributed by atoms with Crippen LogP contribution in [0.2, 0.25) is 0 Å². The van der Waals surface area contributed by atoms with E-state index in [9.17, 15) is 9.59 Å². The molecule has 2 amide bonds. The van der Waals surface area contributed by atoms with E-state index in [0.29, 0.717) is 25.1 Å². The molecule has 0 saturated carbocycles. The minimum atomic E-state index is -0.103. The van der Waals surface area contributed by atoms with Crippen LogP contribution in [0, 0.1) is 0 Å². The molecule has 0 spiro atoms. The number of hydrogen-bond donors (Lipinski definition) is 2. The number of nitrogens with one attached hydrogen (secondary N) is 2. The normalized spacial score (nSPS) is 17.9. The number of likely N-dealkylation sites (tertiary alicyclic amines) is 1. The second-order valence-electron chi connectivity index (χ2n) is 5.89. The first-order chi connectivity index (χ1) is 10.5. The molecule has 0 radical (unpaired) electrons. The summed E-state index contributed by atoms with van der Waals surface area (Å²) in [5, 5.41) is 6.12. The van der Waals surface area contributed by atoms with E-state index in [0.717, 1.165) is 29.9 Å². The number of carbonyl (C=O) groups is 2. The Bertz CT molecular complexity index is 633. The maximum Gasteiger partial charge on any atom is 0.253 e. The fourth-order valence-corrected chi connectivity index (χ4v) is 2.93. The molecule has 22 heavy (non-hydrogen) atoms. The van der Waals surface area contributed by atoms with E-state index >= 15 is 0 Å². The van der Waals surface area contributed by atoms with E-state index in [1.807, 2.05) is 11.0 Å². The van der Waals surface area contributed by atoms with E-state index in [1.165, 1.54) is 0 Å². The van der Waals surface area contributed by atoms with Crippen LogP contribution in [-0.2, 0) is 11.2 Å². The highest BCUT2D eigenvalue weighted by Crippen LogP contribution is 2.25. The Kier molecular flexibility index (Phi) is 3.83. The van der Waals surface area contributed by atoms with Crippen molar-refractivity contribution in [2.45, 2.75) is 32.2 Å². The zero-order valence-corrected chi connectivity index (χ0v) is 12.7. The third-order valence-corrected chi connectivity index (χ3v) is 4.20. The first-order valence-corrected chi connectivity index (χ1v) is 7.53. The van der Waals surface area contributed by atoms with E-state index < -0.39 is 0 Å². The number of rotatable bonds is 2. The smallest absolute Gasteiger partial charge is 0.253 e. The van der Waals surface area contributed by atoms with Gasteiger partial charge in [-0.2, -0.15) is 0 Å². The summed E-state index contributed by atoms with van der Waals surface area (Å²) < 4.78 is 0. The number of aromatic nitrogens is 1. The molecule has 0 unspecified atom stereocenters. The van der Waals surface area contributed by atoms with Gasteiger partial charge in [-0.05, 0) is 18.9 Å². The fourth-order valence-electron chi connectivity index (χ4n) is 2.93. The van der Waals surface area contributed by atoms with Gasteiger partial charge in [-0.25, -0.2) is 4.98 Å². The standard InChI is InChI=1S/C16H20N4O2/c1-10-7-12-8-13(9-17-15(12)18-10)16(22)19-14-3-5-20(6-4-14)11(2)21/h8-9,14H,1,3-7H2,2H3,(H,17,18)(H,19,22). The molecule has 3 rings (SSSR count). The summed E-state index contributed by atoms with van der Waals surface area (Å²) in [4.78, 5) is 29.7. The van der Waals surface area contributed by atoms with Gasteiger partial charge in [-0.3, -0.25) is 9.59 Å². The lowest BCUT2D eigenvalue weighted by molar-refractivity contribution is -0.129. The van der Waals surface area contributed by atoms with Crippen molar-refractivity contribution >= 4 is 17.6 Å². The fraction of sp³-hybridized carbons (Fsp3) is 0.438. The third-order valence-electron chi connectivity index (χ3n) is 4.20. The molecule has 0 aromatic carbocycles. The van der Waals surface area contributed by atoms with Crippen LogP contribution in [0.4, 0.5) is 5.82 Å². The Morgan fingerprint density at radius 1 is 1.41 bits per heavy atom. The second kappa shape index (κ2) is 5.79. The number of amides is 2. The zero-order valence-electron chi connectivity index (χ0n) is 12.7. The van der Waals surface area contributed by atoms with Gasteiger partial charge in [0, 0.05) is 49.9 Å². The quantitative estimate of drug-likeness (QED) is 0.863. The van der Waals surface area contributed by atoms with E-state index in [4.69, 9.17) is 0 Å². The Morgan fingerprint density at radius 3 is 2.82 bits per heavy atom. The Morgan fingerprint density at radius 2 is 2.14 bits per heavy atom. The van der Waals surface area contributed by atoms with Crippen molar-refractivity contribution in [2.75, 3.05) is 18.4 Å². The molecule has 1 saturated heterocycles. The van der Waals surface area contributed by atoms with Crippen molar-refractivity contribution in [2.24, 2.45) is 0 Å². The van der Waals surface area contributed by atoms with Gasteiger partial charge >= 0.3 is 0 Å². The number of nitrogens with zero attached hydrogens (tertiary/aromatic N) is 2. The number of carbonyl (C=O) groups excluding carboxylic acids is 2. The summed E-state index contributed by atoms with van der Waals surface area (Å²) in [5.74, 6) is 0.783. The molecule has 1 aromatic heterocycles. The molecule has 2 N–H and O–H groups in total. The van der Waals surface area contributed by atoms with Crippen LogP contribution in [0.5, 0.6) is 0 Å². The van der Waals surface area contributed by atoms with Crippen LogP contribution in [-0.4, -0.2) is 40.8 Å². The average molecular weight is 300 g/mol. The lowest BCUT2D eigenvalue weighted by Crippen LogP contribution is -2.46. The highest BCUT2D eigenvalue weighted by Gasteiger charge is 2.23. The molecule has 1 fully saturated rings. The molecular weight excluding hydrogens is 280 g/mol. The van der Waals surface area contributed by atoms with Gasteiger partial charge < -0.3 is 15.5 Å². The predicted octanol–water partition coefficient (Wildman–Crippen LogP) is 1.30. The lowest BCUT2D eigenvalue weighted by Gasteiger charge is -2.31. The van der Waals surface area contributed by atoms with Crippen LogP contribution in [0.1, 0.15) is 35.7 Å². The van der Waals surface area contributed by atoms with Crippen molar-refractivity contribution in [3.8, 4) is 0 Å². The highest BCUT2D eigenvalue weighted by molar-refractivity contribution is 5.94. The SMILES string of the molecule is C=C1Cc2cc(C(=O)NC3CCN(C(C)=O)CC3)cnc2N1. The van der Waals surface area contributed by atoms with E-state index in [2.05, 4.69) is 22.2 Å². The number of pyridine rings is 1. The molecule has 3 heterocycles. The number of anilines is 1. The summed E-state index contributed by atoms with van der Waals surface area (Å²) in [7, 11) is 0. The van der Waals surface area contributed by atoms with Gasteiger partial charge in [0.05, 0.1) is 5.56 Å². The number of allylic oxidation sites excluding steroid dienone is 1. The number of fused-ring (bicyclic) bond motifs is 1. The predicted molar refractivity (Wildman–Crippen MR) is 83.4 cm³/mol. The van der Waals surface area contributed by atoms with E-state index in [1.54, 1.807) is 13.1 Å².